The second-order valence-corrected chi connectivity index (χ2v) is 5.65. The smallest absolute Gasteiger partial charge is 0.125 e. The second kappa shape index (κ2) is 5.12. The largest absolute Gasteiger partial charge is 0.486 e. The first kappa shape index (κ1) is 12.9. The predicted octanol–water partition coefficient (Wildman–Crippen LogP) is 1.90. The van der Waals surface area contributed by atoms with Gasteiger partial charge in [0.15, 0.2) is 0 Å². The number of hydrogen-bond acceptors (Lipinski definition) is 4. The highest BCUT2D eigenvalue weighted by atomic mass is 16.6. The highest BCUT2D eigenvalue weighted by Gasteiger charge is 2.40. The molecule has 1 N–H and O–H groups in total. The SMILES string of the molecule is CC1(C)Oc2ccccc2C1NCC1COCCO1. The molecular weight excluding hydrogens is 242 g/mol. The number of hydrogen-bond donors (Lipinski definition) is 1. The van der Waals surface area contributed by atoms with Crippen LogP contribution in [0.2, 0.25) is 0 Å². The summed E-state index contributed by atoms with van der Waals surface area (Å²) in [6, 6.07) is 8.40. The highest BCUT2D eigenvalue weighted by molar-refractivity contribution is 5.42. The summed E-state index contributed by atoms with van der Waals surface area (Å²) in [4.78, 5) is 0. The van der Waals surface area contributed by atoms with Gasteiger partial charge in [0.1, 0.15) is 11.4 Å². The van der Waals surface area contributed by atoms with Crippen LogP contribution in [0, 0.1) is 0 Å². The van der Waals surface area contributed by atoms with Crippen molar-refractivity contribution >= 4 is 0 Å². The van der Waals surface area contributed by atoms with E-state index in [0.717, 1.165) is 12.3 Å². The lowest BCUT2D eigenvalue weighted by atomic mass is 9.94. The number of ether oxygens (including phenoxy) is 3. The molecule has 2 heterocycles. The van der Waals surface area contributed by atoms with Crippen LogP contribution < -0.4 is 10.1 Å². The Morgan fingerprint density at radius 3 is 2.89 bits per heavy atom. The minimum absolute atomic E-state index is 0.136. The van der Waals surface area contributed by atoms with Gasteiger partial charge in [-0.3, -0.25) is 0 Å². The number of nitrogens with one attached hydrogen (secondary N) is 1. The van der Waals surface area contributed by atoms with E-state index in [4.69, 9.17) is 14.2 Å². The maximum absolute atomic E-state index is 6.01. The zero-order chi connectivity index (χ0) is 13.3. The van der Waals surface area contributed by atoms with E-state index in [9.17, 15) is 0 Å². The Bertz CT molecular complexity index is 441. The molecule has 4 nitrogen and oxygen atoms in total. The van der Waals surface area contributed by atoms with Crippen molar-refractivity contribution in [3.63, 3.8) is 0 Å². The van der Waals surface area contributed by atoms with Gasteiger partial charge in [0.2, 0.25) is 0 Å². The summed E-state index contributed by atoms with van der Waals surface area (Å²) in [6.07, 6.45) is 0.136. The van der Waals surface area contributed by atoms with Gasteiger partial charge >= 0.3 is 0 Å². The van der Waals surface area contributed by atoms with Crippen molar-refractivity contribution in [1.29, 1.82) is 0 Å². The molecule has 0 bridgehead atoms. The topological polar surface area (TPSA) is 39.7 Å². The van der Waals surface area contributed by atoms with Crippen LogP contribution in [0.4, 0.5) is 0 Å². The van der Waals surface area contributed by atoms with E-state index in [1.807, 2.05) is 12.1 Å². The molecule has 2 aliphatic heterocycles. The molecule has 2 aliphatic rings. The average Bonchev–Trinajstić information content (AvgIpc) is 2.67. The molecular formula is C15H21NO3. The molecule has 104 valence electrons. The Morgan fingerprint density at radius 1 is 1.26 bits per heavy atom. The van der Waals surface area contributed by atoms with E-state index in [1.54, 1.807) is 0 Å². The van der Waals surface area contributed by atoms with E-state index in [-0.39, 0.29) is 17.7 Å². The van der Waals surface area contributed by atoms with Gasteiger partial charge in [0, 0.05) is 12.1 Å². The summed E-state index contributed by atoms with van der Waals surface area (Å²) >= 11 is 0. The summed E-state index contributed by atoms with van der Waals surface area (Å²) in [5.74, 6) is 0.978. The molecule has 19 heavy (non-hydrogen) atoms. The highest BCUT2D eigenvalue weighted by Crippen LogP contribution is 2.42. The number of rotatable bonds is 3. The van der Waals surface area contributed by atoms with Crippen molar-refractivity contribution in [2.75, 3.05) is 26.4 Å². The van der Waals surface area contributed by atoms with Crippen LogP contribution in [-0.4, -0.2) is 38.1 Å². The average molecular weight is 263 g/mol. The fourth-order valence-electron chi connectivity index (χ4n) is 2.79. The van der Waals surface area contributed by atoms with Gasteiger partial charge in [0.05, 0.1) is 32.0 Å². The van der Waals surface area contributed by atoms with E-state index >= 15 is 0 Å². The van der Waals surface area contributed by atoms with E-state index in [1.165, 1.54) is 5.56 Å². The van der Waals surface area contributed by atoms with Gasteiger partial charge in [0.25, 0.3) is 0 Å². The molecule has 1 aromatic rings. The Labute approximate surface area is 114 Å². The molecule has 0 aliphatic carbocycles. The molecule has 0 spiro atoms. The standard InChI is InChI=1S/C15H21NO3/c1-15(2)14(12-5-3-4-6-13(12)19-15)16-9-11-10-17-7-8-18-11/h3-6,11,14,16H,7-10H2,1-2H3. The third-order valence-electron chi connectivity index (χ3n) is 3.73. The van der Waals surface area contributed by atoms with Crippen molar-refractivity contribution in [2.45, 2.75) is 31.6 Å². The van der Waals surface area contributed by atoms with Crippen molar-refractivity contribution in [3.05, 3.63) is 29.8 Å². The van der Waals surface area contributed by atoms with Crippen LogP contribution in [0.1, 0.15) is 25.5 Å². The molecule has 1 saturated heterocycles. The van der Waals surface area contributed by atoms with Crippen LogP contribution >= 0.6 is 0 Å². The fourth-order valence-corrected chi connectivity index (χ4v) is 2.79. The maximum Gasteiger partial charge on any atom is 0.125 e. The van der Waals surface area contributed by atoms with Gasteiger partial charge in [-0.05, 0) is 19.9 Å². The third kappa shape index (κ3) is 2.61. The van der Waals surface area contributed by atoms with Crippen molar-refractivity contribution in [3.8, 4) is 5.75 Å². The predicted molar refractivity (Wildman–Crippen MR) is 72.5 cm³/mol. The zero-order valence-electron chi connectivity index (χ0n) is 11.5. The molecule has 4 heteroatoms. The number of para-hydroxylation sites is 1. The molecule has 2 unspecified atom stereocenters. The lowest BCUT2D eigenvalue weighted by Crippen LogP contribution is -2.44. The van der Waals surface area contributed by atoms with Crippen LogP contribution in [0.5, 0.6) is 5.75 Å². The lowest BCUT2D eigenvalue weighted by molar-refractivity contribution is -0.0883. The van der Waals surface area contributed by atoms with Gasteiger partial charge in [-0.25, -0.2) is 0 Å². The number of benzene rings is 1. The summed E-state index contributed by atoms with van der Waals surface area (Å²) in [6.45, 7) is 7.07. The molecule has 2 atom stereocenters. The van der Waals surface area contributed by atoms with Gasteiger partial charge in [-0.15, -0.1) is 0 Å². The monoisotopic (exact) mass is 263 g/mol. The van der Waals surface area contributed by atoms with Gasteiger partial charge < -0.3 is 19.5 Å². The van der Waals surface area contributed by atoms with Crippen molar-refractivity contribution < 1.29 is 14.2 Å². The maximum atomic E-state index is 6.01. The van der Waals surface area contributed by atoms with E-state index < -0.39 is 0 Å². The molecule has 0 aromatic heterocycles. The quantitative estimate of drug-likeness (QED) is 0.904. The first-order chi connectivity index (χ1) is 9.17. The minimum Gasteiger partial charge on any atom is -0.486 e. The Kier molecular flexibility index (Phi) is 3.48. The van der Waals surface area contributed by atoms with Crippen LogP contribution in [0.25, 0.3) is 0 Å². The Hall–Kier alpha value is -1.10. The fraction of sp³-hybridized carbons (Fsp3) is 0.600. The number of fused-ring (bicyclic) bond motifs is 1. The Morgan fingerprint density at radius 2 is 2.11 bits per heavy atom. The minimum atomic E-state index is -0.237. The molecule has 1 fully saturated rings. The Balaban J connectivity index is 1.68. The first-order valence-electron chi connectivity index (χ1n) is 6.87. The normalized spacial score (nSPS) is 28.7. The molecule has 3 rings (SSSR count). The summed E-state index contributed by atoms with van der Waals surface area (Å²) in [7, 11) is 0. The van der Waals surface area contributed by atoms with Gasteiger partial charge in [-0.1, -0.05) is 18.2 Å². The molecule has 1 aromatic carbocycles. The molecule has 0 radical (unpaired) electrons. The van der Waals surface area contributed by atoms with Crippen molar-refractivity contribution in [1.82, 2.24) is 5.32 Å². The molecule has 0 amide bonds. The third-order valence-corrected chi connectivity index (χ3v) is 3.73. The zero-order valence-corrected chi connectivity index (χ0v) is 11.5. The van der Waals surface area contributed by atoms with Crippen LogP contribution in [0.3, 0.4) is 0 Å². The lowest BCUT2D eigenvalue weighted by Gasteiger charge is -2.30. The summed E-state index contributed by atoms with van der Waals surface area (Å²) in [5, 5.41) is 3.57. The van der Waals surface area contributed by atoms with E-state index in [2.05, 4.69) is 31.3 Å². The van der Waals surface area contributed by atoms with Gasteiger partial charge in [-0.2, -0.15) is 0 Å². The first-order valence-corrected chi connectivity index (χ1v) is 6.87. The van der Waals surface area contributed by atoms with Crippen LogP contribution in [0.15, 0.2) is 24.3 Å². The summed E-state index contributed by atoms with van der Waals surface area (Å²) < 4.78 is 17.1. The van der Waals surface area contributed by atoms with Crippen molar-refractivity contribution in [2.24, 2.45) is 0 Å². The van der Waals surface area contributed by atoms with E-state index in [0.29, 0.717) is 19.8 Å². The summed E-state index contributed by atoms with van der Waals surface area (Å²) in [5.41, 5.74) is 0.989. The molecule has 0 saturated carbocycles. The second-order valence-electron chi connectivity index (χ2n) is 5.65. The van der Waals surface area contributed by atoms with Crippen LogP contribution in [-0.2, 0) is 9.47 Å².